The predicted molar refractivity (Wildman–Crippen MR) is 205 cm³/mol. The first-order valence-electron chi connectivity index (χ1n) is 17.8. The molecule has 1 unspecified atom stereocenters. The van der Waals surface area contributed by atoms with Crippen LogP contribution in [-0.2, 0) is 9.53 Å². The molecule has 2 heterocycles. The zero-order valence-corrected chi connectivity index (χ0v) is 31.4. The third-order valence-corrected chi connectivity index (χ3v) is 10.7. The van der Waals surface area contributed by atoms with Crippen molar-refractivity contribution in [3.63, 3.8) is 0 Å². The van der Waals surface area contributed by atoms with E-state index in [1.165, 1.54) is 16.0 Å². The summed E-state index contributed by atoms with van der Waals surface area (Å²) in [7, 11) is 0. The maximum Gasteiger partial charge on any atom is 0.410 e. The Morgan fingerprint density at radius 2 is 1.75 bits per heavy atom. The molecule has 1 fully saturated rings. The van der Waals surface area contributed by atoms with Crippen molar-refractivity contribution in [2.75, 3.05) is 26.2 Å². The molecule has 0 radical (unpaired) electrons. The summed E-state index contributed by atoms with van der Waals surface area (Å²) in [5, 5.41) is 18.7. The number of likely N-dealkylation sites (tertiary alicyclic amines) is 1. The molecule has 2 aliphatic heterocycles. The Morgan fingerprint density at radius 1 is 1.04 bits per heavy atom. The predicted octanol–water partition coefficient (Wildman–Crippen LogP) is 8.14. The first-order chi connectivity index (χ1) is 27.1. The number of amides is 2. The molecule has 4 aromatic carbocycles. The number of carbonyl (C=O) groups is 2. The summed E-state index contributed by atoms with van der Waals surface area (Å²) in [5.41, 5.74) is 5.21. The molecule has 0 saturated carbocycles. The molecule has 11 nitrogen and oxygen atoms in total. The summed E-state index contributed by atoms with van der Waals surface area (Å²) < 4.78 is 50.3. The van der Waals surface area contributed by atoms with Gasteiger partial charge in [0.2, 0.25) is 11.9 Å². The number of rotatable bonds is 9. The lowest BCUT2D eigenvalue weighted by Crippen LogP contribution is -2.54. The number of ether oxygens (including phenoxy) is 2. The highest BCUT2D eigenvalue weighted by Gasteiger charge is 2.43. The molecule has 2 atom stereocenters. The van der Waals surface area contributed by atoms with E-state index < -0.39 is 36.4 Å². The number of likely N-dealkylation sites (N-methyl/N-ethyl adjacent to an activating group) is 1. The van der Waals surface area contributed by atoms with E-state index in [1.54, 1.807) is 36.2 Å². The average molecular weight is 805 g/mol. The highest BCUT2D eigenvalue weighted by molar-refractivity contribution is 6.42. The van der Waals surface area contributed by atoms with E-state index in [4.69, 9.17) is 33.0 Å². The maximum atomic E-state index is 14.6. The molecule has 2 amide bonds. The molecule has 4 aromatic rings. The molecular formula is C40H34Cl2F3N7O4. The minimum absolute atomic E-state index is 0.0253. The fourth-order valence-electron chi connectivity index (χ4n) is 7.48. The van der Waals surface area contributed by atoms with E-state index in [2.05, 4.69) is 27.2 Å². The van der Waals surface area contributed by atoms with Gasteiger partial charge in [-0.15, -0.1) is 0 Å². The van der Waals surface area contributed by atoms with Crippen LogP contribution in [0.15, 0.2) is 95.0 Å². The van der Waals surface area contributed by atoms with Gasteiger partial charge in [0.25, 0.3) is 0 Å². The van der Waals surface area contributed by atoms with Gasteiger partial charge in [-0.05, 0) is 66.3 Å². The highest BCUT2D eigenvalue weighted by atomic mass is 35.5. The van der Waals surface area contributed by atoms with E-state index in [-0.39, 0.29) is 48.2 Å². The maximum absolute atomic E-state index is 14.6. The number of alkyl halides is 2. The van der Waals surface area contributed by atoms with E-state index in [0.717, 1.165) is 34.4 Å². The van der Waals surface area contributed by atoms with Gasteiger partial charge in [0.05, 0.1) is 34.0 Å². The smallest absolute Gasteiger partial charge is 0.410 e. The van der Waals surface area contributed by atoms with Crippen LogP contribution in [0.4, 0.5) is 23.7 Å². The van der Waals surface area contributed by atoms with Crippen LogP contribution in [0, 0.1) is 17.3 Å². The first kappa shape index (κ1) is 38.5. The Hall–Kier alpha value is -5.78. The number of carbonyl (C=O) groups excluding carboxylic acids is 2. The van der Waals surface area contributed by atoms with Crippen molar-refractivity contribution in [3.8, 4) is 23.1 Å². The molecule has 16 heteroatoms. The number of hydrazone groups is 1. The van der Waals surface area contributed by atoms with Crippen LogP contribution in [0.3, 0.4) is 0 Å². The third-order valence-electron chi connectivity index (χ3n) is 9.99. The average Bonchev–Trinajstić information content (AvgIpc) is 3.93. The SMILES string of the molecule is CCN(C(=O)[C@H]1CCCN1C(=O)OCC1c2ccccc2-c2ccccc21)C1CN(C(=Nc2ccc(F)c(OC(F)F)c2)NC#N)N=C1c1ccc(Cl)c(Cl)c1. The Balaban J connectivity index is 1.14. The second kappa shape index (κ2) is 16.5. The van der Waals surface area contributed by atoms with Crippen LogP contribution in [0.5, 0.6) is 5.75 Å². The summed E-state index contributed by atoms with van der Waals surface area (Å²) in [5.74, 6) is -2.40. The summed E-state index contributed by atoms with van der Waals surface area (Å²) in [6.07, 6.45) is 2.19. The molecule has 0 bridgehead atoms. The van der Waals surface area contributed by atoms with Crippen molar-refractivity contribution in [2.45, 2.75) is 44.4 Å². The summed E-state index contributed by atoms with van der Waals surface area (Å²) in [4.78, 5) is 35.7. The normalized spacial score (nSPS) is 17.7. The second-order valence-corrected chi connectivity index (χ2v) is 14.0. The van der Waals surface area contributed by atoms with Crippen molar-refractivity contribution >= 4 is 52.6 Å². The molecule has 56 heavy (non-hydrogen) atoms. The second-order valence-electron chi connectivity index (χ2n) is 13.2. The number of benzene rings is 4. The number of guanidine groups is 1. The van der Waals surface area contributed by atoms with Gasteiger partial charge in [-0.25, -0.2) is 19.2 Å². The van der Waals surface area contributed by atoms with Crippen LogP contribution in [-0.4, -0.2) is 83.4 Å². The Kier molecular flexibility index (Phi) is 11.4. The molecule has 1 saturated heterocycles. The van der Waals surface area contributed by atoms with Crippen molar-refractivity contribution < 1.29 is 32.2 Å². The van der Waals surface area contributed by atoms with Crippen LogP contribution in [0.25, 0.3) is 11.1 Å². The zero-order valence-electron chi connectivity index (χ0n) is 29.8. The van der Waals surface area contributed by atoms with Gasteiger partial charge in [0.1, 0.15) is 12.6 Å². The summed E-state index contributed by atoms with van der Waals surface area (Å²) in [6, 6.07) is 22.4. The largest absolute Gasteiger partial charge is 0.448 e. The van der Waals surface area contributed by atoms with Crippen LogP contribution in [0.1, 0.15) is 42.4 Å². The Labute approximate surface area is 330 Å². The summed E-state index contributed by atoms with van der Waals surface area (Å²) in [6.45, 7) is -0.876. The lowest BCUT2D eigenvalue weighted by Gasteiger charge is -2.34. The van der Waals surface area contributed by atoms with Crippen molar-refractivity contribution in [1.82, 2.24) is 20.1 Å². The molecule has 7 rings (SSSR count). The van der Waals surface area contributed by atoms with E-state index in [0.29, 0.717) is 35.7 Å². The van der Waals surface area contributed by atoms with Gasteiger partial charge in [0, 0.05) is 30.6 Å². The lowest BCUT2D eigenvalue weighted by molar-refractivity contribution is -0.136. The number of nitrogens with one attached hydrogen (secondary N) is 1. The minimum atomic E-state index is -3.28. The highest BCUT2D eigenvalue weighted by Crippen LogP contribution is 2.44. The molecule has 0 spiro atoms. The molecule has 288 valence electrons. The van der Waals surface area contributed by atoms with Crippen LogP contribution >= 0.6 is 23.2 Å². The quantitative estimate of drug-likeness (QED) is 0.0785. The summed E-state index contributed by atoms with van der Waals surface area (Å²) >= 11 is 12.6. The van der Waals surface area contributed by atoms with Crippen LogP contribution < -0.4 is 10.1 Å². The molecule has 3 aliphatic rings. The monoisotopic (exact) mass is 803 g/mol. The molecule has 1 aliphatic carbocycles. The number of nitriles is 1. The number of hydrogen-bond donors (Lipinski definition) is 1. The van der Waals surface area contributed by atoms with Crippen LogP contribution in [0.2, 0.25) is 10.0 Å². The number of hydrogen-bond acceptors (Lipinski definition) is 7. The lowest BCUT2D eigenvalue weighted by atomic mass is 9.98. The standard InChI is InChI=1S/C40H34Cl2F3N7O4/c1-2-50(37(53)33-12-7-17-51(33)40(54)55-21-29-27-10-5-3-8-25(27)26-9-4-6-11-28(26)29)34-20-52(49-36(34)23-13-15-30(41)31(42)18-23)39(47-22-46)48-24-14-16-32(43)35(19-24)56-38(44)45/h3-6,8-11,13-16,18-19,29,33-34,38H,2,7,12,17,20-21H2,1H3,(H,47,48)/t33-,34?/m1/s1. The minimum Gasteiger partial charge on any atom is -0.448 e. The van der Waals surface area contributed by atoms with E-state index in [9.17, 15) is 28.0 Å². The van der Waals surface area contributed by atoms with Gasteiger partial charge < -0.3 is 14.4 Å². The first-order valence-corrected chi connectivity index (χ1v) is 18.5. The van der Waals surface area contributed by atoms with Gasteiger partial charge in [-0.3, -0.25) is 15.0 Å². The number of fused-ring (bicyclic) bond motifs is 3. The number of aliphatic imine (C=N–C) groups is 1. The molecule has 0 aromatic heterocycles. The van der Waals surface area contributed by atoms with Crippen molar-refractivity contribution in [1.29, 1.82) is 5.26 Å². The molecular weight excluding hydrogens is 770 g/mol. The third kappa shape index (κ3) is 7.69. The fraction of sp³-hybridized carbons (Fsp3) is 0.275. The Morgan fingerprint density at radius 3 is 2.41 bits per heavy atom. The topological polar surface area (TPSA) is 123 Å². The molecule has 1 N–H and O–H groups in total. The van der Waals surface area contributed by atoms with Gasteiger partial charge in [0.15, 0.2) is 17.8 Å². The van der Waals surface area contributed by atoms with Gasteiger partial charge in [-0.2, -0.15) is 19.1 Å². The van der Waals surface area contributed by atoms with Gasteiger partial charge in [-0.1, -0.05) is 77.8 Å². The van der Waals surface area contributed by atoms with E-state index in [1.807, 2.05) is 36.4 Å². The Bertz CT molecular complexity index is 2220. The van der Waals surface area contributed by atoms with E-state index >= 15 is 0 Å². The zero-order chi connectivity index (χ0) is 39.5. The van der Waals surface area contributed by atoms with Crippen molar-refractivity contribution in [2.24, 2.45) is 10.1 Å². The van der Waals surface area contributed by atoms with Gasteiger partial charge >= 0.3 is 12.7 Å². The van der Waals surface area contributed by atoms with Crippen molar-refractivity contribution in [3.05, 3.63) is 117 Å². The fourth-order valence-corrected chi connectivity index (χ4v) is 7.78. The number of halogens is 5. The number of nitrogens with zero attached hydrogens (tertiary/aromatic N) is 6.